The molecule has 0 spiro atoms. The van der Waals surface area contributed by atoms with Crippen molar-refractivity contribution in [3.8, 4) is 0 Å². The fourth-order valence-corrected chi connectivity index (χ4v) is 2.94. The van der Waals surface area contributed by atoms with Crippen LogP contribution in [0.5, 0.6) is 0 Å². The van der Waals surface area contributed by atoms with Crippen LogP contribution in [0.3, 0.4) is 0 Å². The Labute approximate surface area is 121 Å². The second-order valence-corrected chi connectivity index (χ2v) is 5.94. The smallest absolute Gasteiger partial charge is 0.158 e. The van der Waals surface area contributed by atoms with E-state index in [9.17, 15) is 0 Å². The van der Waals surface area contributed by atoms with Crippen molar-refractivity contribution in [1.29, 1.82) is 0 Å². The zero-order valence-corrected chi connectivity index (χ0v) is 12.8. The first-order valence-electron chi connectivity index (χ1n) is 6.14. The highest BCUT2D eigenvalue weighted by Crippen LogP contribution is 2.31. The minimum atomic E-state index is -0.0742. The van der Waals surface area contributed by atoms with Gasteiger partial charge in [-0.15, -0.1) is 0 Å². The Bertz CT molecular complexity index is 397. The standard InChI is InChI=1S/C13H18BrNO2S/c1-9(17-13-4-2-3-7-16-13)11-8-10(18-15)5-6-12(11)14/h5-6,8-9,13H,2-4,7,15H2,1H3. The zero-order chi connectivity index (χ0) is 13.0. The van der Waals surface area contributed by atoms with E-state index in [0.717, 1.165) is 34.4 Å². The summed E-state index contributed by atoms with van der Waals surface area (Å²) in [6.07, 6.45) is 3.21. The van der Waals surface area contributed by atoms with Gasteiger partial charge in [-0.05, 0) is 61.9 Å². The molecule has 1 aromatic rings. The van der Waals surface area contributed by atoms with Crippen LogP contribution in [-0.4, -0.2) is 12.9 Å². The van der Waals surface area contributed by atoms with Gasteiger partial charge in [0.2, 0.25) is 0 Å². The van der Waals surface area contributed by atoms with E-state index in [1.165, 1.54) is 18.4 Å². The van der Waals surface area contributed by atoms with E-state index in [1.54, 1.807) is 0 Å². The van der Waals surface area contributed by atoms with Crippen molar-refractivity contribution >= 4 is 27.9 Å². The maximum absolute atomic E-state index is 5.96. The Morgan fingerprint density at radius 1 is 1.50 bits per heavy atom. The molecule has 2 rings (SSSR count). The largest absolute Gasteiger partial charge is 0.353 e. The van der Waals surface area contributed by atoms with Gasteiger partial charge in [0.05, 0.1) is 6.10 Å². The van der Waals surface area contributed by atoms with Crippen LogP contribution in [0.4, 0.5) is 0 Å². The van der Waals surface area contributed by atoms with Gasteiger partial charge in [-0.1, -0.05) is 15.9 Å². The minimum Gasteiger partial charge on any atom is -0.353 e. The van der Waals surface area contributed by atoms with Gasteiger partial charge in [-0.25, -0.2) is 0 Å². The summed E-state index contributed by atoms with van der Waals surface area (Å²) in [5.41, 5.74) is 1.11. The van der Waals surface area contributed by atoms with Gasteiger partial charge >= 0.3 is 0 Å². The lowest BCUT2D eigenvalue weighted by atomic mass is 10.1. The van der Waals surface area contributed by atoms with Gasteiger partial charge in [0.1, 0.15) is 0 Å². The monoisotopic (exact) mass is 331 g/mol. The summed E-state index contributed by atoms with van der Waals surface area (Å²) in [6, 6.07) is 6.05. The van der Waals surface area contributed by atoms with Crippen LogP contribution in [0.2, 0.25) is 0 Å². The molecule has 1 fully saturated rings. The van der Waals surface area contributed by atoms with Crippen LogP contribution in [0.25, 0.3) is 0 Å². The summed E-state index contributed by atoms with van der Waals surface area (Å²) in [5.74, 6) is 0. The van der Waals surface area contributed by atoms with Crippen molar-refractivity contribution in [3.63, 3.8) is 0 Å². The SMILES string of the molecule is CC(OC1CCCCO1)c1cc(SN)ccc1Br. The van der Waals surface area contributed by atoms with Gasteiger partial charge < -0.3 is 9.47 Å². The van der Waals surface area contributed by atoms with E-state index in [2.05, 4.69) is 22.0 Å². The number of hydrogen-bond acceptors (Lipinski definition) is 4. The Hall–Kier alpha value is -0.0700. The highest BCUT2D eigenvalue weighted by molar-refractivity contribution is 9.10. The molecular formula is C13H18BrNO2S. The van der Waals surface area contributed by atoms with E-state index >= 15 is 0 Å². The van der Waals surface area contributed by atoms with E-state index in [-0.39, 0.29) is 12.4 Å². The fourth-order valence-electron chi connectivity index (χ4n) is 2.03. The van der Waals surface area contributed by atoms with Crippen molar-refractivity contribution in [2.75, 3.05) is 6.61 Å². The molecule has 1 aromatic carbocycles. The third-order valence-electron chi connectivity index (χ3n) is 3.04. The molecule has 3 nitrogen and oxygen atoms in total. The van der Waals surface area contributed by atoms with Crippen LogP contribution < -0.4 is 5.14 Å². The molecule has 1 aliphatic rings. The molecule has 5 heteroatoms. The second-order valence-electron chi connectivity index (χ2n) is 4.38. The van der Waals surface area contributed by atoms with Crippen molar-refractivity contribution in [2.45, 2.75) is 43.5 Å². The Morgan fingerprint density at radius 2 is 2.33 bits per heavy atom. The van der Waals surface area contributed by atoms with Crippen LogP contribution in [0, 0.1) is 0 Å². The van der Waals surface area contributed by atoms with Gasteiger partial charge in [-0.2, -0.15) is 0 Å². The molecule has 2 unspecified atom stereocenters. The molecular weight excluding hydrogens is 314 g/mol. The summed E-state index contributed by atoms with van der Waals surface area (Å²) in [5, 5.41) is 5.59. The summed E-state index contributed by atoms with van der Waals surface area (Å²) in [7, 11) is 0. The summed E-state index contributed by atoms with van der Waals surface area (Å²) < 4.78 is 12.6. The lowest BCUT2D eigenvalue weighted by Gasteiger charge is -2.26. The quantitative estimate of drug-likeness (QED) is 0.846. The predicted octanol–water partition coefficient (Wildman–Crippen LogP) is 4.02. The Kier molecular flexibility index (Phi) is 5.51. The lowest BCUT2D eigenvalue weighted by Crippen LogP contribution is -2.23. The zero-order valence-electron chi connectivity index (χ0n) is 10.4. The van der Waals surface area contributed by atoms with E-state index in [1.807, 2.05) is 19.1 Å². The first-order chi connectivity index (χ1) is 8.70. The minimum absolute atomic E-state index is 0.00502. The van der Waals surface area contributed by atoms with Gasteiger partial charge in [0.25, 0.3) is 0 Å². The molecule has 1 heterocycles. The number of halogens is 1. The number of ether oxygens (including phenoxy) is 2. The Morgan fingerprint density at radius 3 is 3.00 bits per heavy atom. The molecule has 0 bridgehead atoms. The van der Waals surface area contributed by atoms with Gasteiger partial charge in [0, 0.05) is 16.0 Å². The number of benzene rings is 1. The molecule has 0 radical (unpaired) electrons. The van der Waals surface area contributed by atoms with E-state index < -0.39 is 0 Å². The number of nitrogens with two attached hydrogens (primary N) is 1. The second kappa shape index (κ2) is 6.91. The predicted molar refractivity (Wildman–Crippen MR) is 77.3 cm³/mol. The molecule has 1 saturated heterocycles. The average Bonchev–Trinajstić information content (AvgIpc) is 2.40. The Balaban J connectivity index is 2.04. The normalized spacial score (nSPS) is 21.8. The third-order valence-corrected chi connectivity index (χ3v) is 4.28. The first kappa shape index (κ1) is 14.3. The highest BCUT2D eigenvalue weighted by Gasteiger charge is 2.19. The lowest BCUT2D eigenvalue weighted by molar-refractivity contribution is -0.186. The molecule has 2 N–H and O–H groups in total. The first-order valence-corrected chi connectivity index (χ1v) is 7.81. The summed E-state index contributed by atoms with van der Waals surface area (Å²) >= 11 is 4.80. The van der Waals surface area contributed by atoms with E-state index in [4.69, 9.17) is 14.6 Å². The molecule has 0 saturated carbocycles. The molecule has 0 aromatic heterocycles. The summed E-state index contributed by atoms with van der Waals surface area (Å²) in [4.78, 5) is 1.04. The van der Waals surface area contributed by atoms with Crippen molar-refractivity contribution in [1.82, 2.24) is 0 Å². The third kappa shape index (κ3) is 3.71. The number of rotatable bonds is 4. The van der Waals surface area contributed by atoms with Gasteiger partial charge in [-0.3, -0.25) is 5.14 Å². The van der Waals surface area contributed by atoms with Crippen LogP contribution in [0.1, 0.15) is 37.9 Å². The van der Waals surface area contributed by atoms with Crippen molar-refractivity contribution in [2.24, 2.45) is 5.14 Å². The molecule has 1 aliphatic heterocycles. The maximum atomic E-state index is 5.96. The molecule has 2 atom stereocenters. The molecule has 0 amide bonds. The van der Waals surface area contributed by atoms with E-state index in [0.29, 0.717) is 0 Å². The average molecular weight is 332 g/mol. The van der Waals surface area contributed by atoms with Crippen LogP contribution >= 0.6 is 27.9 Å². The molecule has 100 valence electrons. The summed E-state index contributed by atoms with van der Waals surface area (Å²) in [6.45, 7) is 2.85. The fraction of sp³-hybridized carbons (Fsp3) is 0.538. The molecule has 18 heavy (non-hydrogen) atoms. The number of hydrogen-bond donors (Lipinski definition) is 1. The van der Waals surface area contributed by atoms with Crippen LogP contribution in [-0.2, 0) is 9.47 Å². The van der Waals surface area contributed by atoms with Crippen LogP contribution in [0.15, 0.2) is 27.6 Å². The highest BCUT2D eigenvalue weighted by atomic mass is 79.9. The van der Waals surface area contributed by atoms with Gasteiger partial charge in [0.15, 0.2) is 6.29 Å². The topological polar surface area (TPSA) is 44.5 Å². The van der Waals surface area contributed by atoms with Crippen molar-refractivity contribution < 1.29 is 9.47 Å². The molecule has 0 aliphatic carbocycles. The maximum Gasteiger partial charge on any atom is 0.158 e. The van der Waals surface area contributed by atoms with Crippen molar-refractivity contribution in [3.05, 3.63) is 28.2 Å².